The first-order chi connectivity index (χ1) is 12.4. The zero-order chi connectivity index (χ0) is 18.3. The topological polar surface area (TPSA) is 8.81 Å². The van der Waals surface area contributed by atoms with Crippen molar-refractivity contribution in [2.45, 2.75) is 44.9 Å². The van der Waals surface area contributed by atoms with E-state index in [1.165, 1.54) is 12.1 Å². The van der Waals surface area contributed by atoms with Gasteiger partial charge in [-0.05, 0) is 49.1 Å². The molecule has 0 aliphatic carbocycles. The summed E-state index contributed by atoms with van der Waals surface area (Å²) in [5, 5.41) is 0.652. The van der Waals surface area contributed by atoms with E-state index in [9.17, 15) is 13.2 Å². The summed E-state index contributed by atoms with van der Waals surface area (Å²) in [7, 11) is 0. The van der Waals surface area contributed by atoms with E-state index in [0.717, 1.165) is 49.1 Å². The summed E-state index contributed by atoms with van der Waals surface area (Å²) in [6, 6.07) is 11.6. The van der Waals surface area contributed by atoms with Gasteiger partial charge in [0.05, 0.1) is 12.1 Å². The van der Waals surface area contributed by atoms with Crippen LogP contribution in [-0.4, -0.2) is 4.57 Å². The Hall–Kier alpha value is -1.72. The molecule has 0 atom stereocenters. The molecular formula is C20H19Cl2F3N2. The molecule has 2 heterocycles. The van der Waals surface area contributed by atoms with Gasteiger partial charge in [0.15, 0.2) is 11.0 Å². The Morgan fingerprint density at radius 1 is 1.00 bits per heavy atom. The summed E-state index contributed by atoms with van der Waals surface area (Å²) in [5.41, 5.74) is 1.95. The quantitative estimate of drug-likeness (QED) is 0.569. The van der Waals surface area contributed by atoms with Crippen LogP contribution < -0.4 is 17.0 Å². The summed E-state index contributed by atoms with van der Waals surface area (Å²) in [6.45, 7) is 1.39. The Bertz CT molecular complexity index is 947. The minimum atomic E-state index is -4.34. The van der Waals surface area contributed by atoms with E-state index < -0.39 is 11.7 Å². The first-order valence-corrected chi connectivity index (χ1v) is 9.18. The smallest absolute Gasteiger partial charge is 0.416 e. The van der Waals surface area contributed by atoms with E-state index in [-0.39, 0.29) is 12.4 Å². The second-order valence-corrected chi connectivity index (χ2v) is 7.23. The molecule has 4 rings (SSSR count). The summed E-state index contributed by atoms with van der Waals surface area (Å²) in [6.07, 6.45) is -0.207. The van der Waals surface area contributed by atoms with Crippen molar-refractivity contribution in [3.8, 4) is 0 Å². The van der Waals surface area contributed by atoms with Gasteiger partial charge in [-0.2, -0.15) is 13.2 Å². The molecule has 7 heteroatoms. The first kappa shape index (κ1) is 20.0. The molecule has 2 aromatic carbocycles. The van der Waals surface area contributed by atoms with E-state index in [2.05, 4.69) is 4.57 Å². The van der Waals surface area contributed by atoms with Gasteiger partial charge in [-0.15, -0.1) is 0 Å². The number of benzene rings is 2. The predicted octanol–water partition coefficient (Wildman–Crippen LogP) is 2.38. The van der Waals surface area contributed by atoms with Crippen LogP contribution in [0.4, 0.5) is 13.2 Å². The van der Waals surface area contributed by atoms with Gasteiger partial charge in [-0.1, -0.05) is 23.7 Å². The molecule has 0 saturated carbocycles. The van der Waals surface area contributed by atoms with Crippen LogP contribution in [0.2, 0.25) is 5.02 Å². The number of nitrogens with zero attached hydrogens (tertiary/aromatic N) is 2. The Morgan fingerprint density at radius 3 is 2.44 bits per heavy atom. The predicted molar refractivity (Wildman–Crippen MR) is 95.2 cm³/mol. The zero-order valence-corrected chi connectivity index (χ0v) is 16.1. The van der Waals surface area contributed by atoms with E-state index in [1.54, 1.807) is 6.07 Å². The van der Waals surface area contributed by atoms with E-state index in [4.69, 9.17) is 11.6 Å². The van der Waals surface area contributed by atoms with E-state index in [1.807, 2.05) is 28.8 Å². The van der Waals surface area contributed by atoms with Crippen LogP contribution in [0, 0.1) is 0 Å². The van der Waals surface area contributed by atoms with Crippen molar-refractivity contribution in [2.24, 2.45) is 0 Å². The summed E-state index contributed by atoms with van der Waals surface area (Å²) in [5.74, 6) is 1.10. The van der Waals surface area contributed by atoms with Crippen LogP contribution in [0.1, 0.15) is 36.2 Å². The number of fused-ring (bicyclic) bond motifs is 3. The van der Waals surface area contributed by atoms with Crippen molar-refractivity contribution in [1.29, 1.82) is 0 Å². The highest BCUT2D eigenvalue weighted by molar-refractivity contribution is 6.30. The molecule has 0 bridgehead atoms. The third kappa shape index (κ3) is 3.94. The zero-order valence-electron chi connectivity index (χ0n) is 14.6. The lowest BCUT2D eigenvalue weighted by Gasteiger charge is -2.06. The Labute approximate surface area is 167 Å². The Morgan fingerprint density at radius 2 is 1.74 bits per heavy atom. The van der Waals surface area contributed by atoms with Crippen molar-refractivity contribution < 1.29 is 30.1 Å². The maximum absolute atomic E-state index is 13.2. The Kier molecular flexibility index (Phi) is 5.73. The van der Waals surface area contributed by atoms with Gasteiger partial charge in [-0.3, -0.25) is 0 Å². The lowest BCUT2D eigenvalue weighted by Crippen LogP contribution is -3.00. The number of rotatable bonds is 2. The number of hydrogen-bond acceptors (Lipinski definition) is 0. The number of aromatic nitrogens is 2. The third-order valence-electron chi connectivity index (χ3n) is 5.04. The van der Waals surface area contributed by atoms with Crippen LogP contribution in [0.3, 0.4) is 0 Å². The van der Waals surface area contributed by atoms with Crippen molar-refractivity contribution in [3.63, 3.8) is 0 Å². The average Bonchev–Trinajstić information content (AvgIpc) is 2.75. The van der Waals surface area contributed by atoms with Crippen molar-refractivity contribution >= 4 is 22.6 Å². The molecule has 0 saturated heterocycles. The monoisotopic (exact) mass is 414 g/mol. The van der Waals surface area contributed by atoms with Gasteiger partial charge in [0.1, 0.15) is 6.54 Å². The molecule has 27 heavy (non-hydrogen) atoms. The van der Waals surface area contributed by atoms with Gasteiger partial charge in [-0.25, -0.2) is 9.13 Å². The molecule has 144 valence electrons. The van der Waals surface area contributed by atoms with Crippen LogP contribution in [0.5, 0.6) is 0 Å². The number of hydrogen-bond donors (Lipinski definition) is 0. The maximum Gasteiger partial charge on any atom is 0.416 e. The number of alkyl halides is 3. The standard InChI is InChI=1S/C20H19ClF3N2.ClH/c21-16-8-5-14(6-9-16)13-26-18-12-15(20(22,23)24)7-10-17(18)25-11-3-1-2-4-19(25)26;/h5-10,12H,1-4,11,13H2;1H/q+1;/p-1. The normalized spacial score (nSPS) is 14.5. The molecular weight excluding hydrogens is 396 g/mol. The molecule has 0 radical (unpaired) electrons. The van der Waals surface area contributed by atoms with Crippen LogP contribution in [0.15, 0.2) is 42.5 Å². The largest absolute Gasteiger partial charge is 1.00 e. The highest BCUT2D eigenvalue weighted by atomic mass is 35.5. The number of imidazole rings is 1. The van der Waals surface area contributed by atoms with Crippen molar-refractivity contribution in [2.75, 3.05) is 0 Å². The van der Waals surface area contributed by atoms with Gasteiger partial charge >= 0.3 is 6.18 Å². The highest BCUT2D eigenvalue weighted by Gasteiger charge is 2.34. The first-order valence-electron chi connectivity index (χ1n) is 8.80. The van der Waals surface area contributed by atoms with Gasteiger partial charge in [0.25, 0.3) is 5.82 Å². The van der Waals surface area contributed by atoms with Crippen molar-refractivity contribution in [3.05, 3.63) is 64.4 Å². The molecule has 0 spiro atoms. The van der Waals surface area contributed by atoms with Crippen molar-refractivity contribution in [1.82, 2.24) is 4.57 Å². The third-order valence-corrected chi connectivity index (χ3v) is 5.30. The van der Waals surface area contributed by atoms with E-state index in [0.29, 0.717) is 17.1 Å². The Balaban J connectivity index is 0.00000210. The van der Waals surface area contributed by atoms with Gasteiger partial charge in [0.2, 0.25) is 0 Å². The second kappa shape index (κ2) is 7.72. The minimum absolute atomic E-state index is 0. The lowest BCUT2D eigenvalue weighted by atomic mass is 10.1. The fourth-order valence-electron chi connectivity index (χ4n) is 3.77. The summed E-state index contributed by atoms with van der Waals surface area (Å²) >= 11 is 5.96. The van der Waals surface area contributed by atoms with Gasteiger partial charge in [0, 0.05) is 17.5 Å². The molecule has 0 amide bonds. The van der Waals surface area contributed by atoms with E-state index >= 15 is 0 Å². The minimum Gasteiger partial charge on any atom is -1.00 e. The molecule has 1 aliphatic heterocycles. The summed E-state index contributed by atoms with van der Waals surface area (Å²) < 4.78 is 43.9. The molecule has 3 aromatic rings. The molecule has 0 N–H and O–H groups in total. The maximum atomic E-state index is 13.2. The van der Waals surface area contributed by atoms with Crippen LogP contribution in [0.25, 0.3) is 11.0 Å². The number of halogens is 5. The van der Waals surface area contributed by atoms with Gasteiger partial charge < -0.3 is 12.4 Å². The molecule has 1 aliphatic rings. The summed E-state index contributed by atoms with van der Waals surface area (Å²) in [4.78, 5) is 0. The number of aryl methyl sites for hydroxylation is 1. The highest BCUT2D eigenvalue weighted by Crippen LogP contribution is 2.32. The lowest BCUT2D eigenvalue weighted by molar-refractivity contribution is -0.678. The fraction of sp³-hybridized carbons (Fsp3) is 0.350. The van der Waals surface area contributed by atoms with Crippen LogP contribution >= 0.6 is 11.6 Å². The second-order valence-electron chi connectivity index (χ2n) is 6.79. The molecule has 2 nitrogen and oxygen atoms in total. The molecule has 0 unspecified atom stereocenters. The fourth-order valence-corrected chi connectivity index (χ4v) is 3.89. The molecule has 1 aromatic heterocycles. The van der Waals surface area contributed by atoms with Crippen LogP contribution in [-0.2, 0) is 25.7 Å². The average molecular weight is 415 g/mol. The SMILES string of the molecule is FC(F)(F)c1ccc2c(c1)n(Cc1ccc(Cl)cc1)c1[n+]2CCCCC1.[Cl-]. The molecule has 0 fully saturated rings.